The normalized spacial score (nSPS) is 12.2. The molecule has 0 saturated heterocycles. The van der Waals surface area contributed by atoms with Crippen LogP contribution >= 0.6 is 0 Å². The SMILES string of the molecule is COC(=O)c1cc(N)c(O[Si](C)(C)C(C)(C)C)cc1F. The molecule has 112 valence electrons. The van der Waals surface area contributed by atoms with E-state index >= 15 is 0 Å². The monoisotopic (exact) mass is 299 g/mol. The van der Waals surface area contributed by atoms with Gasteiger partial charge in [0.1, 0.15) is 11.6 Å². The van der Waals surface area contributed by atoms with E-state index in [2.05, 4.69) is 25.5 Å². The first kappa shape index (κ1) is 16.5. The van der Waals surface area contributed by atoms with Gasteiger partial charge in [-0.25, -0.2) is 9.18 Å². The van der Waals surface area contributed by atoms with Crippen LogP contribution in [-0.2, 0) is 4.74 Å². The molecule has 1 aromatic rings. The zero-order valence-corrected chi connectivity index (χ0v) is 13.8. The van der Waals surface area contributed by atoms with Crippen molar-refractivity contribution in [2.45, 2.75) is 38.9 Å². The van der Waals surface area contributed by atoms with Crippen molar-refractivity contribution in [3.8, 4) is 5.75 Å². The molecule has 0 atom stereocenters. The van der Waals surface area contributed by atoms with Gasteiger partial charge in [0.15, 0.2) is 0 Å². The number of ether oxygens (including phenoxy) is 1. The van der Waals surface area contributed by atoms with Gasteiger partial charge >= 0.3 is 5.97 Å². The number of halogens is 1. The van der Waals surface area contributed by atoms with Gasteiger partial charge in [-0.1, -0.05) is 20.8 Å². The summed E-state index contributed by atoms with van der Waals surface area (Å²) < 4.78 is 24.4. The molecule has 0 fully saturated rings. The minimum atomic E-state index is -2.12. The van der Waals surface area contributed by atoms with Crippen molar-refractivity contribution in [2.75, 3.05) is 12.8 Å². The maximum Gasteiger partial charge on any atom is 0.340 e. The molecule has 0 heterocycles. The van der Waals surface area contributed by atoms with Gasteiger partial charge in [-0.3, -0.25) is 0 Å². The zero-order valence-electron chi connectivity index (χ0n) is 12.8. The maximum atomic E-state index is 13.9. The van der Waals surface area contributed by atoms with Crippen LogP contribution in [0.2, 0.25) is 18.1 Å². The van der Waals surface area contributed by atoms with E-state index in [0.717, 1.165) is 6.07 Å². The molecule has 0 aliphatic carbocycles. The molecule has 0 radical (unpaired) electrons. The van der Waals surface area contributed by atoms with Crippen LogP contribution in [0.25, 0.3) is 0 Å². The maximum absolute atomic E-state index is 13.9. The number of nitrogens with two attached hydrogens (primary N) is 1. The Balaban J connectivity index is 3.17. The number of carbonyl (C=O) groups excluding carboxylic acids is 1. The van der Waals surface area contributed by atoms with Crippen molar-refractivity contribution < 1.29 is 18.3 Å². The third-order valence-corrected chi connectivity index (χ3v) is 8.02. The Morgan fingerprint density at radius 2 is 1.85 bits per heavy atom. The summed E-state index contributed by atoms with van der Waals surface area (Å²) in [5.74, 6) is -1.17. The number of methoxy groups -OCH3 is 1. The van der Waals surface area contributed by atoms with Crippen LogP contribution in [0.1, 0.15) is 31.1 Å². The van der Waals surface area contributed by atoms with Crippen LogP contribution in [0.4, 0.5) is 10.1 Å². The highest BCUT2D eigenvalue weighted by molar-refractivity contribution is 6.74. The van der Waals surface area contributed by atoms with Crippen LogP contribution < -0.4 is 10.2 Å². The molecule has 4 nitrogen and oxygen atoms in total. The lowest BCUT2D eigenvalue weighted by Gasteiger charge is -2.36. The van der Waals surface area contributed by atoms with Crippen molar-refractivity contribution in [3.05, 3.63) is 23.5 Å². The van der Waals surface area contributed by atoms with E-state index in [1.54, 1.807) is 0 Å². The minimum Gasteiger partial charge on any atom is -0.542 e. The summed E-state index contributed by atoms with van der Waals surface area (Å²) in [5.41, 5.74) is 5.90. The van der Waals surface area contributed by atoms with Crippen molar-refractivity contribution in [1.29, 1.82) is 0 Å². The predicted molar refractivity (Wildman–Crippen MR) is 80.0 cm³/mol. The Labute approximate surface area is 120 Å². The Kier molecular flexibility index (Phi) is 4.48. The average molecular weight is 299 g/mol. The van der Waals surface area contributed by atoms with Gasteiger partial charge in [-0.2, -0.15) is 0 Å². The van der Waals surface area contributed by atoms with E-state index in [4.69, 9.17) is 10.2 Å². The fraction of sp³-hybridized carbons (Fsp3) is 0.500. The largest absolute Gasteiger partial charge is 0.542 e. The number of esters is 1. The molecule has 6 heteroatoms. The molecule has 0 aliphatic heterocycles. The molecule has 0 unspecified atom stereocenters. The van der Waals surface area contributed by atoms with Crippen molar-refractivity contribution in [2.24, 2.45) is 0 Å². The number of rotatable bonds is 3. The first-order chi connectivity index (χ1) is 8.99. The fourth-order valence-electron chi connectivity index (χ4n) is 1.35. The minimum absolute atomic E-state index is 0.0308. The molecule has 0 aromatic heterocycles. The van der Waals surface area contributed by atoms with Crippen LogP contribution in [-0.4, -0.2) is 21.4 Å². The molecule has 1 rings (SSSR count). The highest BCUT2D eigenvalue weighted by atomic mass is 28.4. The molecule has 0 saturated carbocycles. The summed E-state index contributed by atoms with van der Waals surface area (Å²) in [5, 5.41) is -0.0308. The van der Waals surface area contributed by atoms with Gasteiger partial charge in [-0.05, 0) is 24.2 Å². The third-order valence-electron chi connectivity index (χ3n) is 3.68. The van der Waals surface area contributed by atoms with Gasteiger partial charge in [-0.15, -0.1) is 0 Å². The topological polar surface area (TPSA) is 61.5 Å². The standard InChI is InChI=1S/C14H22FNO3Si/c1-14(2,3)20(5,6)19-12-8-10(15)9(7-11(12)16)13(17)18-4/h7-8H,16H2,1-6H3. The first-order valence-electron chi connectivity index (χ1n) is 6.36. The molecular weight excluding hydrogens is 277 g/mol. The average Bonchev–Trinajstić information content (AvgIpc) is 2.30. The van der Waals surface area contributed by atoms with Gasteiger partial charge < -0.3 is 14.9 Å². The summed E-state index contributed by atoms with van der Waals surface area (Å²) in [6.45, 7) is 10.3. The van der Waals surface area contributed by atoms with Crippen LogP contribution in [0, 0.1) is 5.82 Å². The number of nitrogen functional groups attached to an aromatic ring is 1. The Bertz CT molecular complexity index is 524. The highest BCUT2D eigenvalue weighted by Gasteiger charge is 2.39. The van der Waals surface area contributed by atoms with Crippen LogP contribution in [0.5, 0.6) is 5.75 Å². The van der Waals surface area contributed by atoms with Gasteiger partial charge in [0.2, 0.25) is 0 Å². The smallest absolute Gasteiger partial charge is 0.340 e. The second-order valence-corrected chi connectivity index (χ2v) is 10.9. The molecule has 0 spiro atoms. The Morgan fingerprint density at radius 3 is 2.30 bits per heavy atom. The second-order valence-electron chi connectivity index (χ2n) is 6.22. The summed E-state index contributed by atoms with van der Waals surface area (Å²) in [6.07, 6.45) is 0. The van der Waals surface area contributed by atoms with E-state index in [-0.39, 0.29) is 22.0 Å². The van der Waals surface area contributed by atoms with Crippen molar-refractivity contribution >= 4 is 20.0 Å². The Hall–Kier alpha value is -1.56. The number of anilines is 1. The third kappa shape index (κ3) is 3.30. The van der Waals surface area contributed by atoms with E-state index in [9.17, 15) is 9.18 Å². The molecule has 0 aliphatic rings. The number of hydrogen-bond acceptors (Lipinski definition) is 4. The molecule has 1 aromatic carbocycles. The van der Waals surface area contributed by atoms with Gasteiger partial charge in [0, 0.05) is 6.07 Å². The molecule has 0 amide bonds. The molecule has 20 heavy (non-hydrogen) atoms. The molecule has 0 bridgehead atoms. The Morgan fingerprint density at radius 1 is 1.30 bits per heavy atom. The van der Waals surface area contributed by atoms with Gasteiger partial charge in [0.25, 0.3) is 8.32 Å². The summed E-state index contributed by atoms with van der Waals surface area (Å²) in [4.78, 5) is 11.4. The fourth-order valence-corrected chi connectivity index (χ4v) is 2.39. The number of benzene rings is 1. The lowest BCUT2D eigenvalue weighted by atomic mass is 10.2. The van der Waals surface area contributed by atoms with Crippen molar-refractivity contribution in [1.82, 2.24) is 0 Å². The second kappa shape index (κ2) is 5.44. The van der Waals surface area contributed by atoms with E-state index in [1.807, 2.05) is 13.1 Å². The lowest BCUT2D eigenvalue weighted by Crippen LogP contribution is -2.44. The summed E-state index contributed by atoms with van der Waals surface area (Å²) in [7, 11) is -0.923. The van der Waals surface area contributed by atoms with Crippen LogP contribution in [0.15, 0.2) is 12.1 Å². The number of carbonyl (C=O) groups is 1. The van der Waals surface area contributed by atoms with E-state index in [1.165, 1.54) is 13.2 Å². The van der Waals surface area contributed by atoms with Crippen molar-refractivity contribution in [3.63, 3.8) is 0 Å². The van der Waals surface area contributed by atoms with Gasteiger partial charge in [0.05, 0.1) is 18.4 Å². The highest BCUT2D eigenvalue weighted by Crippen LogP contribution is 2.39. The quantitative estimate of drug-likeness (QED) is 0.526. The predicted octanol–water partition coefficient (Wildman–Crippen LogP) is 3.58. The van der Waals surface area contributed by atoms with Crippen LogP contribution in [0.3, 0.4) is 0 Å². The number of hydrogen-bond donors (Lipinski definition) is 1. The lowest BCUT2D eigenvalue weighted by molar-refractivity contribution is 0.0595. The molecule has 2 N–H and O–H groups in total. The van der Waals surface area contributed by atoms with E-state index in [0.29, 0.717) is 0 Å². The first-order valence-corrected chi connectivity index (χ1v) is 9.27. The summed E-state index contributed by atoms with van der Waals surface area (Å²) >= 11 is 0. The zero-order chi connectivity index (χ0) is 15.7. The molecular formula is C14H22FNO3Si. The van der Waals surface area contributed by atoms with E-state index < -0.39 is 20.1 Å². The summed E-state index contributed by atoms with van der Waals surface area (Å²) in [6, 6.07) is 2.41.